The zero-order valence-corrected chi connectivity index (χ0v) is 18.8. The predicted molar refractivity (Wildman–Crippen MR) is 129 cm³/mol. The highest BCUT2D eigenvalue weighted by molar-refractivity contribution is 6.00. The summed E-state index contributed by atoms with van der Waals surface area (Å²) >= 11 is 0. The maximum atomic E-state index is 14.7. The molecule has 1 unspecified atom stereocenters. The number of hydrogen-bond acceptors (Lipinski definition) is 3. The number of carbonyl (C=O) groups excluding carboxylic acids is 2. The molecule has 3 N–H and O–H groups in total. The number of H-pyrrole nitrogens is 1. The van der Waals surface area contributed by atoms with Gasteiger partial charge in [-0.3, -0.25) is 9.59 Å². The van der Waals surface area contributed by atoms with Gasteiger partial charge >= 0.3 is 0 Å². The minimum Gasteiger partial charge on any atom is -0.366 e. The highest BCUT2D eigenvalue weighted by atomic mass is 19.1. The SMILES string of the molecule is NC(=O)c1cnc2[nH]ccc2c1C#CC#CCC(c1cc(F)ccc1F)N1Cc2ccccc2C1=O. The van der Waals surface area contributed by atoms with Crippen LogP contribution in [-0.2, 0) is 6.54 Å². The molecule has 0 fully saturated rings. The number of aromatic amines is 1. The van der Waals surface area contributed by atoms with E-state index in [1.54, 1.807) is 24.4 Å². The van der Waals surface area contributed by atoms with Crippen molar-refractivity contribution in [1.82, 2.24) is 14.9 Å². The number of primary amides is 1. The van der Waals surface area contributed by atoms with Crippen LogP contribution >= 0.6 is 0 Å². The molecule has 3 heterocycles. The summed E-state index contributed by atoms with van der Waals surface area (Å²) in [6.45, 7) is 0.257. The lowest BCUT2D eigenvalue weighted by atomic mass is 10.0. The molecule has 6 nitrogen and oxygen atoms in total. The molecular weight excluding hydrogens is 462 g/mol. The van der Waals surface area contributed by atoms with Crippen molar-refractivity contribution in [2.45, 2.75) is 19.0 Å². The van der Waals surface area contributed by atoms with E-state index in [2.05, 4.69) is 33.6 Å². The molecule has 0 bridgehead atoms. The van der Waals surface area contributed by atoms with Gasteiger partial charge in [0.05, 0.1) is 17.2 Å². The first-order chi connectivity index (χ1) is 17.4. The second-order valence-corrected chi connectivity index (χ2v) is 8.18. The van der Waals surface area contributed by atoms with Gasteiger partial charge in [-0.05, 0) is 47.7 Å². The third-order valence-corrected chi connectivity index (χ3v) is 6.03. The second-order valence-electron chi connectivity index (χ2n) is 8.18. The zero-order chi connectivity index (χ0) is 25.2. The van der Waals surface area contributed by atoms with Gasteiger partial charge < -0.3 is 15.6 Å². The fraction of sp³-hybridized carbons (Fsp3) is 0.107. The van der Waals surface area contributed by atoms with E-state index in [4.69, 9.17) is 5.73 Å². The molecular formula is C28H18F2N4O2. The van der Waals surface area contributed by atoms with Crippen LogP contribution in [0.5, 0.6) is 0 Å². The summed E-state index contributed by atoms with van der Waals surface area (Å²) in [5.41, 5.74) is 7.93. The number of halogens is 2. The van der Waals surface area contributed by atoms with Gasteiger partial charge in [0, 0.05) is 41.9 Å². The lowest BCUT2D eigenvalue weighted by Gasteiger charge is -2.27. The van der Waals surface area contributed by atoms with Crippen LogP contribution in [0.25, 0.3) is 11.0 Å². The Morgan fingerprint density at radius 3 is 2.81 bits per heavy atom. The smallest absolute Gasteiger partial charge is 0.255 e. The van der Waals surface area contributed by atoms with Crippen LogP contribution in [0, 0.1) is 35.3 Å². The Balaban J connectivity index is 1.47. The number of hydrogen-bond donors (Lipinski definition) is 2. The van der Waals surface area contributed by atoms with Crippen molar-refractivity contribution in [2.24, 2.45) is 5.73 Å². The maximum absolute atomic E-state index is 14.7. The molecule has 36 heavy (non-hydrogen) atoms. The molecule has 0 saturated heterocycles. The number of amides is 2. The van der Waals surface area contributed by atoms with Crippen LogP contribution < -0.4 is 5.73 Å². The first kappa shape index (κ1) is 22.8. The van der Waals surface area contributed by atoms with Crippen molar-refractivity contribution in [3.05, 3.63) is 100 Å². The number of fused-ring (bicyclic) bond motifs is 2. The Kier molecular flexibility index (Phi) is 5.93. The summed E-state index contributed by atoms with van der Waals surface area (Å²) in [7, 11) is 0. The Bertz CT molecular complexity index is 1650. The van der Waals surface area contributed by atoms with E-state index in [0.717, 1.165) is 23.8 Å². The van der Waals surface area contributed by atoms with Crippen molar-refractivity contribution >= 4 is 22.8 Å². The van der Waals surface area contributed by atoms with Crippen LogP contribution in [0.4, 0.5) is 8.78 Å². The normalized spacial score (nSPS) is 12.9. The molecule has 8 heteroatoms. The topological polar surface area (TPSA) is 92.1 Å². The minimum absolute atomic E-state index is 0.0212. The van der Waals surface area contributed by atoms with Crippen LogP contribution in [0.1, 0.15) is 49.9 Å². The minimum atomic E-state index is -0.826. The third kappa shape index (κ3) is 4.17. The highest BCUT2D eigenvalue weighted by Crippen LogP contribution is 2.34. The monoisotopic (exact) mass is 480 g/mol. The van der Waals surface area contributed by atoms with Gasteiger partial charge in [-0.2, -0.15) is 0 Å². The largest absolute Gasteiger partial charge is 0.366 e. The van der Waals surface area contributed by atoms with Gasteiger partial charge in [0.15, 0.2) is 0 Å². The molecule has 176 valence electrons. The van der Waals surface area contributed by atoms with Crippen LogP contribution in [0.15, 0.2) is 60.9 Å². The molecule has 2 amide bonds. The Labute approximate surface area is 205 Å². The van der Waals surface area contributed by atoms with E-state index in [0.29, 0.717) is 22.2 Å². The number of pyridine rings is 1. The van der Waals surface area contributed by atoms with Gasteiger partial charge in [0.2, 0.25) is 0 Å². The quantitative estimate of drug-likeness (QED) is 0.431. The van der Waals surface area contributed by atoms with E-state index in [9.17, 15) is 18.4 Å². The lowest BCUT2D eigenvalue weighted by molar-refractivity contribution is 0.0700. The average Bonchev–Trinajstić information content (AvgIpc) is 3.48. The van der Waals surface area contributed by atoms with E-state index in [1.807, 2.05) is 12.1 Å². The maximum Gasteiger partial charge on any atom is 0.255 e. The van der Waals surface area contributed by atoms with Crippen molar-refractivity contribution in [3.63, 3.8) is 0 Å². The van der Waals surface area contributed by atoms with E-state index >= 15 is 0 Å². The number of aromatic nitrogens is 2. The molecule has 1 aliphatic heterocycles. The molecule has 0 spiro atoms. The van der Waals surface area contributed by atoms with Crippen LogP contribution in [0.2, 0.25) is 0 Å². The van der Waals surface area contributed by atoms with E-state index in [-0.39, 0.29) is 30.0 Å². The molecule has 2 aromatic carbocycles. The summed E-state index contributed by atoms with van der Waals surface area (Å²) < 4.78 is 28.7. The summed E-state index contributed by atoms with van der Waals surface area (Å²) in [5.74, 6) is 8.94. The zero-order valence-electron chi connectivity index (χ0n) is 18.8. The Morgan fingerprint density at radius 2 is 2.00 bits per heavy atom. The highest BCUT2D eigenvalue weighted by Gasteiger charge is 2.34. The van der Waals surface area contributed by atoms with Crippen molar-refractivity contribution in [1.29, 1.82) is 0 Å². The second kappa shape index (κ2) is 9.36. The number of nitrogens with two attached hydrogens (primary N) is 1. The fourth-order valence-electron chi connectivity index (χ4n) is 4.30. The summed E-state index contributed by atoms with van der Waals surface area (Å²) in [6.07, 6.45) is 3.04. The third-order valence-electron chi connectivity index (χ3n) is 6.03. The standard InChI is InChI=1S/C28H18F2N4O2/c29-18-10-11-24(30)22(14-18)25(34-16-17-6-4-5-7-19(17)28(34)36)9-3-1-2-8-20-21-12-13-32-27(21)33-15-23(20)26(31)35/h4-7,10-15,25H,9,16H2,(H2,31,35)(H,32,33). The number of nitrogens with zero attached hydrogens (tertiary/aromatic N) is 2. The number of rotatable bonds is 4. The summed E-state index contributed by atoms with van der Waals surface area (Å²) in [5, 5.41) is 0.626. The number of benzene rings is 2. The molecule has 0 aliphatic carbocycles. The van der Waals surface area contributed by atoms with Crippen molar-refractivity contribution in [3.8, 4) is 23.7 Å². The lowest BCUT2D eigenvalue weighted by Crippen LogP contribution is -2.29. The summed E-state index contributed by atoms with van der Waals surface area (Å²) in [4.78, 5) is 33.5. The molecule has 1 atom stereocenters. The van der Waals surface area contributed by atoms with Crippen LogP contribution in [-0.4, -0.2) is 26.7 Å². The molecule has 1 aliphatic rings. The molecule has 5 rings (SSSR count). The first-order valence-electron chi connectivity index (χ1n) is 11.0. The number of carbonyl (C=O) groups is 2. The molecule has 4 aromatic rings. The van der Waals surface area contributed by atoms with Gasteiger partial charge in [0.25, 0.3) is 11.8 Å². The van der Waals surface area contributed by atoms with Gasteiger partial charge in [-0.15, -0.1) is 0 Å². The van der Waals surface area contributed by atoms with Crippen LogP contribution in [0.3, 0.4) is 0 Å². The predicted octanol–water partition coefficient (Wildman–Crippen LogP) is 4.08. The van der Waals surface area contributed by atoms with Gasteiger partial charge in [0.1, 0.15) is 17.3 Å². The van der Waals surface area contributed by atoms with Crippen molar-refractivity contribution < 1.29 is 18.4 Å². The van der Waals surface area contributed by atoms with E-state index in [1.165, 1.54) is 11.1 Å². The summed E-state index contributed by atoms with van der Waals surface area (Å²) in [6, 6.07) is 11.2. The average molecular weight is 480 g/mol. The first-order valence-corrected chi connectivity index (χ1v) is 11.0. The Hall–Kier alpha value is -4.95. The molecule has 0 radical (unpaired) electrons. The number of nitrogens with one attached hydrogen (secondary N) is 1. The molecule has 2 aromatic heterocycles. The Morgan fingerprint density at radius 1 is 1.17 bits per heavy atom. The van der Waals surface area contributed by atoms with Crippen molar-refractivity contribution in [2.75, 3.05) is 0 Å². The van der Waals surface area contributed by atoms with Gasteiger partial charge in [-0.25, -0.2) is 13.8 Å². The fourth-order valence-corrected chi connectivity index (χ4v) is 4.30. The molecule has 0 saturated carbocycles. The van der Waals surface area contributed by atoms with E-state index < -0.39 is 23.6 Å². The van der Waals surface area contributed by atoms with Gasteiger partial charge in [-0.1, -0.05) is 30.0 Å².